The maximum absolute atomic E-state index is 11.1. The Morgan fingerprint density at radius 1 is 0.880 bits per heavy atom. The zero-order chi connectivity index (χ0) is 18.3. The molecule has 0 radical (unpaired) electrons. The predicted molar refractivity (Wildman–Crippen MR) is 118 cm³/mol. The molecule has 0 spiro atoms. The molecule has 0 aromatic rings. The van der Waals surface area contributed by atoms with E-state index in [0.717, 1.165) is 23.3 Å². The van der Waals surface area contributed by atoms with Crippen LogP contribution in [0.2, 0.25) is 0 Å². The van der Waals surface area contributed by atoms with E-state index in [1.54, 1.807) is 0 Å². The highest BCUT2D eigenvalue weighted by Gasteiger charge is 2.31. The molecule has 1 saturated heterocycles. The van der Waals surface area contributed by atoms with E-state index in [1.807, 2.05) is 23.5 Å². The SMILES string of the molecule is CCCCCCCC[C@H]1SC(=S)S[C@@H]1CCCCCCCC(=O)OC. The van der Waals surface area contributed by atoms with Gasteiger partial charge in [-0.1, -0.05) is 83.3 Å². The number of carbonyl (C=O) groups is 1. The third kappa shape index (κ3) is 11.6. The van der Waals surface area contributed by atoms with Gasteiger partial charge in [0, 0.05) is 16.9 Å². The zero-order valence-corrected chi connectivity index (χ0v) is 18.5. The summed E-state index contributed by atoms with van der Waals surface area (Å²) in [4.78, 5) is 11.1. The Hall–Kier alpha value is 0.260. The molecular formula is C20H36O2S3. The summed E-state index contributed by atoms with van der Waals surface area (Å²) in [6.07, 6.45) is 17.4. The lowest BCUT2D eigenvalue weighted by molar-refractivity contribution is -0.140. The highest BCUT2D eigenvalue weighted by molar-refractivity contribution is 8.49. The minimum atomic E-state index is -0.0783. The molecule has 0 saturated carbocycles. The molecule has 0 N–H and O–H groups in total. The van der Waals surface area contributed by atoms with Crippen molar-refractivity contribution >= 4 is 45.2 Å². The van der Waals surface area contributed by atoms with Crippen LogP contribution in [-0.2, 0) is 9.53 Å². The van der Waals surface area contributed by atoms with Gasteiger partial charge in [0.2, 0.25) is 0 Å². The Morgan fingerprint density at radius 2 is 1.36 bits per heavy atom. The van der Waals surface area contributed by atoms with Crippen molar-refractivity contribution in [2.24, 2.45) is 0 Å². The van der Waals surface area contributed by atoms with Crippen LogP contribution in [-0.4, -0.2) is 27.1 Å². The van der Waals surface area contributed by atoms with E-state index in [-0.39, 0.29) is 5.97 Å². The number of hydrogen-bond acceptors (Lipinski definition) is 5. The van der Waals surface area contributed by atoms with Crippen molar-refractivity contribution in [3.05, 3.63) is 0 Å². The topological polar surface area (TPSA) is 26.3 Å². The smallest absolute Gasteiger partial charge is 0.305 e. The first-order valence-corrected chi connectivity index (χ1v) is 12.3. The predicted octanol–water partition coefficient (Wildman–Crippen LogP) is 7.14. The third-order valence-corrected chi connectivity index (χ3v) is 8.30. The lowest BCUT2D eigenvalue weighted by Crippen LogP contribution is -2.15. The lowest BCUT2D eigenvalue weighted by Gasteiger charge is -2.17. The molecule has 0 aliphatic carbocycles. The van der Waals surface area contributed by atoms with E-state index in [9.17, 15) is 4.79 Å². The molecule has 146 valence electrons. The van der Waals surface area contributed by atoms with Gasteiger partial charge in [0.1, 0.15) is 3.53 Å². The maximum atomic E-state index is 11.1. The van der Waals surface area contributed by atoms with Crippen LogP contribution < -0.4 is 0 Å². The summed E-state index contributed by atoms with van der Waals surface area (Å²) in [5.41, 5.74) is 0. The fourth-order valence-electron chi connectivity index (χ4n) is 3.29. The molecule has 5 heteroatoms. The molecule has 2 atom stereocenters. The lowest BCUT2D eigenvalue weighted by atomic mass is 10.0. The normalized spacial score (nSPS) is 20.2. The number of thiocarbonyl (C=S) groups is 1. The van der Waals surface area contributed by atoms with Crippen molar-refractivity contribution < 1.29 is 9.53 Å². The summed E-state index contributed by atoms with van der Waals surface area (Å²) in [6, 6.07) is 0. The van der Waals surface area contributed by atoms with E-state index < -0.39 is 0 Å². The number of esters is 1. The highest BCUT2D eigenvalue weighted by atomic mass is 32.2. The molecule has 0 aromatic carbocycles. The molecule has 1 aliphatic rings. The van der Waals surface area contributed by atoms with Gasteiger partial charge in [-0.25, -0.2) is 0 Å². The van der Waals surface area contributed by atoms with E-state index in [1.165, 1.54) is 81.3 Å². The summed E-state index contributed by atoms with van der Waals surface area (Å²) in [5, 5.41) is 1.49. The molecule has 0 unspecified atom stereocenters. The fourth-order valence-corrected chi connectivity index (χ4v) is 6.97. The number of unbranched alkanes of at least 4 members (excludes halogenated alkanes) is 9. The number of hydrogen-bond donors (Lipinski definition) is 0. The molecule has 0 aromatic heterocycles. The van der Waals surface area contributed by atoms with Crippen LogP contribution in [0.3, 0.4) is 0 Å². The average molecular weight is 405 g/mol. The summed E-state index contributed by atoms with van der Waals surface area (Å²) in [5.74, 6) is -0.0783. The Balaban J connectivity index is 2.06. The van der Waals surface area contributed by atoms with Crippen LogP contribution in [0.25, 0.3) is 0 Å². The van der Waals surface area contributed by atoms with E-state index in [0.29, 0.717) is 6.42 Å². The number of ether oxygens (including phenoxy) is 1. The Bertz CT molecular complexity index is 374. The molecule has 25 heavy (non-hydrogen) atoms. The molecule has 0 amide bonds. The van der Waals surface area contributed by atoms with Crippen molar-refractivity contribution in [1.29, 1.82) is 0 Å². The Morgan fingerprint density at radius 3 is 1.88 bits per heavy atom. The number of methoxy groups -OCH3 is 1. The molecule has 2 nitrogen and oxygen atoms in total. The van der Waals surface area contributed by atoms with Crippen LogP contribution in [0, 0.1) is 0 Å². The Kier molecular flexibility index (Phi) is 14.3. The van der Waals surface area contributed by atoms with Crippen LogP contribution in [0.5, 0.6) is 0 Å². The van der Waals surface area contributed by atoms with Gasteiger partial charge in [0.05, 0.1) is 7.11 Å². The summed E-state index contributed by atoms with van der Waals surface area (Å²) < 4.78 is 5.84. The first-order chi connectivity index (χ1) is 12.2. The van der Waals surface area contributed by atoms with Gasteiger partial charge in [-0.2, -0.15) is 0 Å². The second-order valence-corrected chi connectivity index (χ2v) is 10.7. The minimum absolute atomic E-state index is 0.0783. The van der Waals surface area contributed by atoms with Gasteiger partial charge in [-0.15, -0.1) is 23.5 Å². The van der Waals surface area contributed by atoms with Crippen LogP contribution in [0.4, 0.5) is 0 Å². The molecule has 0 bridgehead atoms. The van der Waals surface area contributed by atoms with Crippen LogP contribution in [0.1, 0.15) is 96.8 Å². The molecule has 1 rings (SSSR count). The summed E-state index contributed by atoms with van der Waals surface area (Å²) in [6.45, 7) is 2.27. The average Bonchev–Trinajstić information content (AvgIpc) is 2.96. The first kappa shape index (κ1) is 23.3. The van der Waals surface area contributed by atoms with Gasteiger partial charge >= 0.3 is 5.97 Å². The summed E-state index contributed by atoms with van der Waals surface area (Å²) >= 11 is 9.38. The third-order valence-electron chi connectivity index (χ3n) is 4.85. The largest absolute Gasteiger partial charge is 0.469 e. The second kappa shape index (κ2) is 15.3. The van der Waals surface area contributed by atoms with E-state index in [4.69, 9.17) is 12.2 Å². The quantitative estimate of drug-likeness (QED) is 0.164. The van der Waals surface area contributed by atoms with Gasteiger partial charge in [-0.05, 0) is 19.3 Å². The van der Waals surface area contributed by atoms with E-state index in [2.05, 4.69) is 11.7 Å². The number of rotatable bonds is 15. The molecule has 1 aliphatic heterocycles. The first-order valence-electron chi connectivity index (χ1n) is 10.1. The van der Waals surface area contributed by atoms with Crippen molar-refractivity contribution in [3.8, 4) is 0 Å². The van der Waals surface area contributed by atoms with Gasteiger partial charge < -0.3 is 4.74 Å². The van der Waals surface area contributed by atoms with Crippen molar-refractivity contribution in [3.63, 3.8) is 0 Å². The van der Waals surface area contributed by atoms with Crippen molar-refractivity contribution in [2.75, 3.05) is 7.11 Å². The van der Waals surface area contributed by atoms with Crippen molar-refractivity contribution in [2.45, 2.75) is 107 Å². The Labute approximate surface area is 169 Å². The monoisotopic (exact) mass is 404 g/mol. The standard InChI is InChI=1S/C20H36O2S3/c1-3-4-5-6-8-11-14-17-18(25-20(23)24-17)15-12-9-7-10-13-16-19(21)22-2/h17-18H,3-16H2,1-2H3/t17-,18-/m1/s1. The van der Waals surface area contributed by atoms with Crippen LogP contribution in [0.15, 0.2) is 0 Å². The molecule has 1 heterocycles. The molecular weight excluding hydrogens is 368 g/mol. The van der Waals surface area contributed by atoms with Crippen molar-refractivity contribution in [1.82, 2.24) is 0 Å². The fraction of sp³-hybridized carbons (Fsp3) is 0.900. The number of carbonyl (C=O) groups excluding carboxylic acids is 1. The highest BCUT2D eigenvalue weighted by Crippen LogP contribution is 2.44. The summed E-state index contributed by atoms with van der Waals surface area (Å²) in [7, 11) is 1.46. The van der Waals surface area contributed by atoms with E-state index >= 15 is 0 Å². The molecule has 1 fully saturated rings. The van der Waals surface area contributed by atoms with Gasteiger partial charge in [0.15, 0.2) is 0 Å². The van der Waals surface area contributed by atoms with Gasteiger partial charge in [-0.3, -0.25) is 4.79 Å². The van der Waals surface area contributed by atoms with Crippen LogP contribution >= 0.6 is 35.7 Å². The second-order valence-electron chi connectivity index (χ2n) is 7.00. The number of thioether (sulfide) groups is 2. The zero-order valence-electron chi connectivity index (χ0n) is 16.1. The van der Waals surface area contributed by atoms with Gasteiger partial charge in [0.25, 0.3) is 0 Å². The maximum Gasteiger partial charge on any atom is 0.305 e. The minimum Gasteiger partial charge on any atom is -0.469 e.